The average Bonchev–Trinajstić information content (AvgIpc) is 2.56. The van der Waals surface area contributed by atoms with Crippen molar-refractivity contribution in [2.45, 2.75) is 25.1 Å². The van der Waals surface area contributed by atoms with Gasteiger partial charge in [0.05, 0.1) is 11.8 Å². The van der Waals surface area contributed by atoms with E-state index in [4.69, 9.17) is 0 Å². The molecule has 4 nitrogen and oxygen atoms in total. The lowest BCUT2D eigenvalue weighted by Gasteiger charge is -2.08. The van der Waals surface area contributed by atoms with Gasteiger partial charge in [0, 0.05) is 24.1 Å². The summed E-state index contributed by atoms with van der Waals surface area (Å²) in [6.07, 6.45) is 2.59. The number of nitrogens with one attached hydrogen (secondary N) is 1. The molecule has 1 N–H and O–H groups in total. The summed E-state index contributed by atoms with van der Waals surface area (Å²) >= 11 is 3.47. The molecule has 15 heavy (non-hydrogen) atoms. The number of alkyl halides is 1. The van der Waals surface area contributed by atoms with Gasteiger partial charge in [-0.1, -0.05) is 22.9 Å². The molecule has 0 saturated heterocycles. The van der Waals surface area contributed by atoms with Crippen LogP contribution in [0, 0.1) is 6.92 Å². The molecule has 0 spiro atoms. The van der Waals surface area contributed by atoms with Crippen molar-refractivity contribution in [3.8, 4) is 0 Å². The Morgan fingerprint density at radius 1 is 1.73 bits per heavy atom. The van der Waals surface area contributed by atoms with Crippen LogP contribution >= 0.6 is 15.9 Å². The number of amides is 1. The van der Waals surface area contributed by atoms with Crippen molar-refractivity contribution < 1.29 is 4.79 Å². The van der Waals surface area contributed by atoms with Crippen LogP contribution in [-0.2, 0) is 7.05 Å². The van der Waals surface area contributed by atoms with Crippen molar-refractivity contribution in [2.75, 3.05) is 6.54 Å². The van der Waals surface area contributed by atoms with Gasteiger partial charge in [0.1, 0.15) is 0 Å². The average molecular weight is 274 g/mol. The molecule has 0 fully saturated rings. The molecule has 1 unspecified atom stereocenters. The van der Waals surface area contributed by atoms with E-state index >= 15 is 0 Å². The second-order valence-electron chi connectivity index (χ2n) is 3.48. The van der Waals surface area contributed by atoms with E-state index in [0.717, 1.165) is 12.1 Å². The zero-order valence-electron chi connectivity index (χ0n) is 9.25. The standard InChI is InChI=1S/C10H16BrN3O/c1-4-8(11)5-12-10(15)9-6-13-14(3)7(9)2/h6,8H,4-5H2,1-3H3,(H,12,15). The topological polar surface area (TPSA) is 46.9 Å². The van der Waals surface area contributed by atoms with Crippen LogP contribution in [0.4, 0.5) is 0 Å². The predicted molar refractivity (Wildman–Crippen MR) is 63.3 cm³/mol. The Balaban J connectivity index is 2.58. The molecule has 1 amide bonds. The Labute approximate surface area is 98.2 Å². The highest BCUT2D eigenvalue weighted by molar-refractivity contribution is 9.09. The molecule has 0 aliphatic rings. The smallest absolute Gasteiger partial charge is 0.254 e. The van der Waals surface area contributed by atoms with E-state index in [1.165, 1.54) is 0 Å². The third-order valence-corrected chi connectivity index (χ3v) is 3.38. The minimum absolute atomic E-state index is 0.0569. The van der Waals surface area contributed by atoms with E-state index < -0.39 is 0 Å². The molecule has 0 bridgehead atoms. The molecular weight excluding hydrogens is 258 g/mol. The zero-order chi connectivity index (χ0) is 11.4. The normalized spacial score (nSPS) is 12.5. The zero-order valence-corrected chi connectivity index (χ0v) is 10.8. The number of carbonyl (C=O) groups is 1. The largest absolute Gasteiger partial charge is 0.351 e. The van der Waals surface area contributed by atoms with Gasteiger partial charge >= 0.3 is 0 Å². The number of carbonyl (C=O) groups excluding carboxylic acids is 1. The Morgan fingerprint density at radius 3 is 2.87 bits per heavy atom. The number of hydrogen-bond donors (Lipinski definition) is 1. The van der Waals surface area contributed by atoms with Crippen molar-refractivity contribution in [1.82, 2.24) is 15.1 Å². The number of rotatable bonds is 4. The molecular formula is C10H16BrN3O. The van der Waals surface area contributed by atoms with Gasteiger partial charge in [-0.05, 0) is 13.3 Å². The number of nitrogens with zero attached hydrogens (tertiary/aromatic N) is 2. The summed E-state index contributed by atoms with van der Waals surface area (Å²) < 4.78 is 1.69. The van der Waals surface area contributed by atoms with E-state index in [-0.39, 0.29) is 5.91 Å². The first kappa shape index (κ1) is 12.2. The van der Waals surface area contributed by atoms with E-state index in [1.807, 2.05) is 14.0 Å². The van der Waals surface area contributed by atoms with Crippen LogP contribution in [0.25, 0.3) is 0 Å². The van der Waals surface area contributed by atoms with Crippen LogP contribution in [0.2, 0.25) is 0 Å². The minimum atomic E-state index is -0.0569. The highest BCUT2D eigenvalue weighted by Gasteiger charge is 2.13. The molecule has 0 radical (unpaired) electrons. The van der Waals surface area contributed by atoms with Crippen LogP contribution in [0.3, 0.4) is 0 Å². The monoisotopic (exact) mass is 273 g/mol. The Bertz CT molecular complexity index is 348. The highest BCUT2D eigenvalue weighted by atomic mass is 79.9. The van der Waals surface area contributed by atoms with Crippen molar-refractivity contribution in [1.29, 1.82) is 0 Å². The first-order chi connectivity index (χ1) is 7.06. The fraction of sp³-hybridized carbons (Fsp3) is 0.600. The van der Waals surface area contributed by atoms with Crippen LogP contribution in [0.1, 0.15) is 29.4 Å². The molecule has 0 aliphatic carbocycles. The van der Waals surface area contributed by atoms with E-state index in [2.05, 4.69) is 33.3 Å². The summed E-state index contributed by atoms with van der Waals surface area (Å²) in [5.41, 5.74) is 1.53. The van der Waals surface area contributed by atoms with Crippen molar-refractivity contribution in [2.24, 2.45) is 7.05 Å². The lowest BCUT2D eigenvalue weighted by Crippen LogP contribution is -2.29. The molecule has 1 aromatic heterocycles. The van der Waals surface area contributed by atoms with Crippen molar-refractivity contribution in [3.05, 3.63) is 17.5 Å². The van der Waals surface area contributed by atoms with Crippen LogP contribution in [-0.4, -0.2) is 27.1 Å². The lowest BCUT2D eigenvalue weighted by atomic mass is 10.2. The van der Waals surface area contributed by atoms with Gasteiger partial charge in [-0.25, -0.2) is 0 Å². The van der Waals surface area contributed by atoms with E-state index in [9.17, 15) is 4.79 Å². The van der Waals surface area contributed by atoms with Gasteiger partial charge in [-0.2, -0.15) is 5.10 Å². The minimum Gasteiger partial charge on any atom is -0.351 e. The summed E-state index contributed by atoms with van der Waals surface area (Å²) in [7, 11) is 1.82. The third-order valence-electron chi connectivity index (χ3n) is 2.41. The molecule has 5 heteroatoms. The summed E-state index contributed by atoms with van der Waals surface area (Å²) in [5.74, 6) is -0.0569. The molecule has 0 saturated carbocycles. The molecule has 1 rings (SSSR count). The molecule has 1 heterocycles. The highest BCUT2D eigenvalue weighted by Crippen LogP contribution is 2.06. The Kier molecular flexibility index (Phi) is 4.32. The summed E-state index contributed by atoms with van der Waals surface area (Å²) in [6, 6.07) is 0. The van der Waals surface area contributed by atoms with Crippen LogP contribution in [0.15, 0.2) is 6.20 Å². The van der Waals surface area contributed by atoms with Crippen molar-refractivity contribution in [3.63, 3.8) is 0 Å². The Hall–Kier alpha value is -0.840. The second kappa shape index (κ2) is 5.30. The number of hydrogen-bond acceptors (Lipinski definition) is 2. The van der Waals surface area contributed by atoms with Gasteiger partial charge in [0.15, 0.2) is 0 Å². The first-order valence-corrected chi connectivity index (χ1v) is 5.88. The van der Waals surface area contributed by atoms with Gasteiger partial charge in [-0.15, -0.1) is 0 Å². The molecule has 84 valence electrons. The molecule has 1 aromatic rings. The lowest BCUT2D eigenvalue weighted by molar-refractivity contribution is 0.0953. The molecule has 0 aliphatic heterocycles. The number of aryl methyl sites for hydroxylation is 1. The first-order valence-electron chi connectivity index (χ1n) is 4.97. The summed E-state index contributed by atoms with van der Waals surface area (Å²) in [6.45, 7) is 4.60. The Morgan fingerprint density at radius 2 is 2.40 bits per heavy atom. The summed E-state index contributed by atoms with van der Waals surface area (Å²) in [5, 5.41) is 6.89. The van der Waals surface area contributed by atoms with Gasteiger partial charge in [-0.3, -0.25) is 9.48 Å². The second-order valence-corrected chi connectivity index (χ2v) is 4.78. The SMILES string of the molecule is CCC(Br)CNC(=O)c1cnn(C)c1C. The number of aromatic nitrogens is 2. The quantitative estimate of drug-likeness (QED) is 0.848. The number of halogens is 1. The summed E-state index contributed by atoms with van der Waals surface area (Å²) in [4.78, 5) is 12.0. The fourth-order valence-corrected chi connectivity index (χ4v) is 1.33. The van der Waals surface area contributed by atoms with Crippen LogP contribution in [0.5, 0.6) is 0 Å². The predicted octanol–water partition coefficient (Wildman–Crippen LogP) is 1.63. The van der Waals surface area contributed by atoms with Gasteiger partial charge in [0.2, 0.25) is 0 Å². The van der Waals surface area contributed by atoms with E-state index in [0.29, 0.717) is 16.9 Å². The fourth-order valence-electron chi connectivity index (χ4n) is 1.16. The van der Waals surface area contributed by atoms with Crippen molar-refractivity contribution >= 4 is 21.8 Å². The van der Waals surface area contributed by atoms with Gasteiger partial charge in [0.25, 0.3) is 5.91 Å². The maximum Gasteiger partial charge on any atom is 0.254 e. The maximum atomic E-state index is 11.7. The van der Waals surface area contributed by atoms with Crippen LogP contribution < -0.4 is 5.32 Å². The van der Waals surface area contributed by atoms with Gasteiger partial charge < -0.3 is 5.32 Å². The third kappa shape index (κ3) is 3.06. The molecule has 1 atom stereocenters. The molecule has 0 aromatic carbocycles. The van der Waals surface area contributed by atoms with E-state index in [1.54, 1.807) is 10.9 Å². The maximum absolute atomic E-state index is 11.7.